The van der Waals surface area contributed by atoms with Crippen molar-refractivity contribution in [1.29, 1.82) is 0 Å². The summed E-state index contributed by atoms with van der Waals surface area (Å²) in [6.07, 6.45) is 7.43. The summed E-state index contributed by atoms with van der Waals surface area (Å²) in [5, 5.41) is 6.85. The maximum Gasteiger partial charge on any atom is 0.264 e. The highest BCUT2D eigenvalue weighted by Crippen LogP contribution is 2.12. The van der Waals surface area contributed by atoms with Crippen molar-refractivity contribution in [1.82, 2.24) is 24.9 Å². The van der Waals surface area contributed by atoms with Crippen molar-refractivity contribution in [2.24, 2.45) is 0 Å². The fraction of sp³-hybridized carbons (Fsp3) is 0.417. The van der Waals surface area contributed by atoms with Crippen LogP contribution in [0.15, 0.2) is 18.7 Å². The van der Waals surface area contributed by atoms with Gasteiger partial charge in [0.2, 0.25) is 0 Å². The van der Waals surface area contributed by atoms with Gasteiger partial charge < -0.3 is 5.32 Å². The molecule has 0 aromatic carbocycles. The van der Waals surface area contributed by atoms with Crippen LogP contribution in [-0.2, 0) is 12.8 Å². The summed E-state index contributed by atoms with van der Waals surface area (Å²) in [5.74, 6) is -0.102. The lowest BCUT2D eigenvalue weighted by molar-refractivity contribution is 0.0957. The minimum Gasteiger partial charge on any atom is -0.351 e. The van der Waals surface area contributed by atoms with E-state index >= 15 is 0 Å². The molecular weight excluding hydrogens is 262 g/mol. The number of carbonyl (C=O) groups excluding carboxylic acids is 1. The van der Waals surface area contributed by atoms with Crippen LogP contribution in [0.2, 0.25) is 0 Å². The number of hydrogen-bond donors (Lipinski definition) is 1. The van der Waals surface area contributed by atoms with Crippen molar-refractivity contribution >= 4 is 17.4 Å². The molecule has 0 aliphatic carbocycles. The Balaban J connectivity index is 1.86. The fourth-order valence-corrected chi connectivity index (χ4v) is 2.27. The van der Waals surface area contributed by atoms with Gasteiger partial charge in [0.1, 0.15) is 11.2 Å². The van der Waals surface area contributed by atoms with E-state index in [9.17, 15) is 4.79 Å². The third-order valence-electron chi connectivity index (χ3n) is 2.56. The third kappa shape index (κ3) is 3.78. The van der Waals surface area contributed by atoms with Crippen LogP contribution in [0.25, 0.3) is 0 Å². The fourth-order valence-electron chi connectivity index (χ4n) is 1.64. The maximum atomic E-state index is 12.0. The number of nitrogens with one attached hydrogen (secondary N) is 1. The molecule has 0 radical (unpaired) electrons. The molecule has 2 heterocycles. The van der Waals surface area contributed by atoms with Crippen LogP contribution in [-0.4, -0.2) is 32.0 Å². The molecule has 2 aromatic rings. The molecule has 0 aliphatic rings. The van der Waals surface area contributed by atoms with Gasteiger partial charge in [0.05, 0.1) is 5.69 Å². The first-order valence-electron chi connectivity index (χ1n) is 6.14. The number of hydrogen-bond acceptors (Lipinski definition) is 6. The smallest absolute Gasteiger partial charge is 0.264 e. The van der Waals surface area contributed by atoms with Crippen molar-refractivity contribution in [3.8, 4) is 0 Å². The van der Waals surface area contributed by atoms with E-state index in [4.69, 9.17) is 0 Å². The van der Waals surface area contributed by atoms with E-state index in [0.717, 1.165) is 35.6 Å². The Morgan fingerprint density at radius 1 is 1.32 bits per heavy atom. The minimum atomic E-state index is -0.102. The molecule has 0 saturated heterocycles. The highest BCUT2D eigenvalue weighted by atomic mass is 32.1. The second kappa shape index (κ2) is 6.89. The summed E-state index contributed by atoms with van der Waals surface area (Å²) in [6, 6.07) is 0. The van der Waals surface area contributed by atoms with E-state index in [1.807, 2.05) is 0 Å². The molecule has 2 aromatic heterocycles. The number of aromatic nitrogens is 4. The van der Waals surface area contributed by atoms with Crippen molar-refractivity contribution in [3.63, 3.8) is 0 Å². The first-order valence-corrected chi connectivity index (χ1v) is 6.92. The molecule has 0 spiro atoms. The van der Waals surface area contributed by atoms with E-state index in [-0.39, 0.29) is 5.91 Å². The topological polar surface area (TPSA) is 80.7 Å². The largest absolute Gasteiger partial charge is 0.351 e. The van der Waals surface area contributed by atoms with Gasteiger partial charge in [-0.05, 0) is 29.9 Å². The zero-order valence-electron chi connectivity index (χ0n) is 10.7. The molecule has 0 atom stereocenters. The quantitative estimate of drug-likeness (QED) is 0.859. The predicted octanol–water partition coefficient (Wildman–Crippen LogP) is 1.25. The Morgan fingerprint density at radius 2 is 2.11 bits per heavy atom. The predicted molar refractivity (Wildman–Crippen MR) is 72.0 cm³/mol. The number of amides is 1. The van der Waals surface area contributed by atoms with Crippen LogP contribution in [0, 0.1) is 0 Å². The van der Waals surface area contributed by atoms with Gasteiger partial charge in [-0.15, -0.1) is 5.10 Å². The second-order valence-electron chi connectivity index (χ2n) is 4.05. The van der Waals surface area contributed by atoms with Gasteiger partial charge in [-0.1, -0.05) is 17.8 Å². The molecule has 19 heavy (non-hydrogen) atoms. The van der Waals surface area contributed by atoms with Gasteiger partial charge in [0.25, 0.3) is 5.91 Å². The van der Waals surface area contributed by atoms with Gasteiger partial charge in [-0.25, -0.2) is 9.97 Å². The average Bonchev–Trinajstić information content (AvgIpc) is 2.89. The highest BCUT2D eigenvalue weighted by molar-refractivity contribution is 7.08. The monoisotopic (exact) mass is 277 g/mol. The molecule has 7 heteroatoms. The summed E-state index contributed by atoms with van der Waals surface area (Å²) >= 11 is 1.15. The summed E-state index contributed by atoms with van der Waals surface area (Å²) in [7, 11) is 0. The summed E-state index contributed by atoms with van der Waals surface area (Å²) in [5.41, 5.74) is 1.78. The van der Waals surface area contributed by atoms with Crippen LogP contribution >= 0.6 is 11.5 Å². The SMILES string of the molecule is CCCc1nnsc1C(=O)NCCc1cncnc1. The molecule has 1 amide bonds. The van der Waals surface area contributed by atoms with E-state index in [1.54, 1.807) is 12.4 Å². The van der Waals surface area contributed by atoms with Gasteiger partial charge in [0, 0.05) is 18.9 Å². The van der Waals surface area contributed by atoms with Crippen LogP contribution < -0.4 is 5.32 Å². The summed E-state index contributed by atoms with van der Waals surface area (Å²) in [4.78, 5) is 20.5. The van der Waals surface area contributed by atoms with Crippen molar-refractivity contribution in [2.45, 2.75) is 26.2 Å². The molecule has 6 nitrogen and oxygen atoms in total. The minimum absolute atomic E-state index is 0.102. The lowest BCUT2D eigenvalue weighted by atomic mass is 10.2. The molecular formula is C12H15N5OS. The van der Waals surface area contributed by atoms with Crippen LogP contribution in [0.5, 0.6) is 0 Å². The second-order valence-corrected chi connectivity index (χ2v) is 4.81. The van der Waals surface area contributed by atoms with E-state index in [1.165, 1.54) is 6.33 Å². The van der Waals surface area contributed by atoms with Crippen molar-refractivity contribution in [2.75, 3.05) is 6.54 Å². The normalized spacial score (nSPS) is 10.4. The number of nitrogens with zero attached hydrogens (tertiary/aromatic N) is 4. The zero-order chi connectivity index (χ0) is 13.5. The molecule has 0 unspecified atom stereocenters. The third-order valence-corrected chi connectivity index (χ3v) is 3.33. The molecule has 1 N–H and O–H groups in total. The van der Waals surface area contributed by atoms with Crippen molar-refractivity contribution in [3.05, 3.63) is 34.9 Å². The first-order chi connectivity index (χ1) is 9.31. The molecule has 0 saturated carbocycles. The maximum absolute atomic E-state index is 12.0. The standard InChI is InChI=1S/C12H15N5OS/c1-2-3-10-11(19-17-16-10)12(18)15-5-4-9-6-13-8-14-7-9/h6-8H,2-5H2,1H3,(H,15,18). The molecule has 0 aliphatic heterocycles. The van der Waals surface area contributed by atoms with E-state index in [0.29, 0.717) is 17.8 Å². The summed E-state index contributed by atoms with van der Waals surface area (Å²) < 4.78 is 3.84. The van der Waals surface area contributed by atoms with E-state index < -0.39 is 0 Å². The molecule has 0 fully saturated rings. The van der Waals surface area contributed by atoms with Crippen LogP contribution in [0.3, 0.4) is 0 Å². The molecule has 100 valence electrons. The Kier molecular flexibility index (Phi) is 4.91. The Morgan fingerprint density at radius 3 is 2.84 bits per heavy atom. The number of rotatable bonds is 6. The first kappa shape index (κ1) is 13.5. The molecule has 0 bridgehead atoms. The Hall–Kier alpha value is -1.89. The molecule has 2 rings (SSSR count). The van der Waals surface area contributed by atoms with Gasteiger partial charge in [-0.2, -0.15) is 0 Å². The Labute approximate surface area is 115 Å². The lowest BCUT2D eigenvalue weighted by Gasteiger charge is -2.04. The lowest BCUT2D eigenvalue weighted by Crippen LogP contribution is -2.25. The summed E-state index contributed by atoms with van der Waals surface area (Å²) in [6.45, 7) is 2.60. The van der Waals surface area contributed by atoms with E-state index in [2.05, 4.69) is 31.8 Å². The highest BCUT2D eigenvalue weighted by Gasteiger charge is 2.14. The average molecular weight is 277 g/mol. The Bertz CT molecular complexity index is 528. The number of carbonyl (C=O) groups is 1. The van der Waals surface area contributed by atoms with Gasteiger partial charge in [-0.3, -0.25) is 4.79 Å². The van der Waals surface area contributed by atoms with Crippen LogP contribution in [0.1, 0.15) is 34.3 Å². The zero-order valence-corrected chi connectivity index (χ0v) is 11.5. The van der Waals surface area contributed by atoms with Gasteiger partial charge >= 0.3 is 0 Å². The van der Waals surface area contributed by atoms with Crippen LogP contribution in [0.4, 0.5) is 0 Å². The van der Waals surface area contributed by atoms with Crippen molar-refractivity contribution < 1.29 is 4.79 Å². The number of aryl methyl sites for hydroxylation is 1. The van der Waals surface area contributed by atoms with Gasteiger partial charge in [0.15, 0.2) is 0 Å².